The number of hydrogen-bond acceptors (Lipinski definition) is 5. The van der Waals surface area contributed by atoms with Crippen LogP contribution in [0, 0.1) is 0 Å². The minimum Gasteiger partial charge on any atom is -0.369 e. The Balaban J connectivity index is 1.63. The van der Waals surface area contributed by atoms with Crippen LogP contribution in [0.25, 0.3) is 0 Å². The van der Waals surface area contributed by atoms with Crippen LogP contribution in [0.4, 0.5) is 43.5 Å². The van der Waals surface area contributed by atoms with Crippen molar-refractivity contribution in [2.24, 2.45) is 0 Å². The van der Waals surface area contributed by atoms with Gasteiger partial charge in [-0.2, -0.15) is 26.3 Å². The Hall–Kier alpha value is -4.13. The summed E-state index contributed by atoms with van der Waals surface area (Å²) in [4.78, 5) is 28.9. The molecule has 0 fully saturated rings. The summed E-state index contributed by atoms with van der Waals surface area (Å²) >= 11 is 0. The highest BCUT2D eigenvalue weighted by atomic mass is 19.4. The number of rotatable bonds is 5. The van der Waals surface area contributed by atoms with Crippen LogP contribution in [-0.4, -0.2) is 34.3 Å². The maximum Gasteiger partial charge on any atom is 0.430 e. The van der Waals surface area contributed by atoms with Crippen LogP contribution in [0.1, 0.15) is 31.8 Å². The van der Waals surface area contributed by atoms with Gasteiger partial charge in [0.15, 0.2) is 0 Å². The summed E-state index contributed by atoms with van der Waals surface area (Å²) in [6.45, 7) is 0.236. The number of carbonyl (C=O) groups is 2. The predicted octanol–water partition coefficient (Wildman–Crippen LogP) is 4.63. The van der Waals surface area contributed by atoms with Gasteiger partial charge in [0.25, 0.3) is 17.4 Å². The van der Waals surface area contributed by atoms with Crippen LogP contribution in [0.3, 0.4) is 0 Å². The van der Waals surface area contributed by atoms with Gasteiger partial charge in [0.1, 0.15) is 5.82 Å². The highest BCUT2D eigenvalue weighted by molar-refractivity contribution is 6.08. The van der Waals surface area contributed by atoms with E-state index in [1.165, 1.54) is 18.3 Å². The second-order valence-electron chi connectivity index (χ2n) is 7.78. The van der Waals surface area contributed by atoms with Gasteiger partial charge >= 0.3 is 12.4 Å². The smallest absolute Gasteiger partial charge is 0.369 e. The lowest BCUT2D eigenvalue weighted by Gasteiger charge is -2.32. The topological polar surface area (TPSA) is 103 Å². The van der Waals surface area contributed by atoms with Gasteiger partial charge in [0.05, 0.1) is 5.56 Å². The van der Waals surface area contributed by atoms with E-state index >= 15 is 0 Å². The van der Waals surface area contributed by atoms with E-state index in [0.717, 1.165) is 12.1 Å². The van der Waals surface area contributed by atoms with Gasteiger partial charge in [-0.15, -0.1) is 0 Å². The van der Waals surface area contributed by atoms with Crippen molar-refractivity contribution in [3.8, 4) is 0 Å². The second kappa shape index (κ2) is 8.82. The van der Waals surface area contributed by atoms with E-state index in [1.807, 2.05) is 0 Å². The van der Waals surface area contributed by atoms with Crippen LogP contribution in [0.2, 0.25) is 0 Å². The summed E-state index contributed by atoms with van der Waals surface area (Å²) in [7, 11) is 0. The van der Waals surface area contributed by atoms with E-state index in [-0.39, 0.29) is 23.8 Å². The molecule has 1 aliphatic heterocycles. The Labute approximate surface area is 199 Å². The molecule has 0 bridgehead atoms. The first-order valence-electron chi connectivity index (χ1n) is 10.2. The minimum atomic E-state index is -6.07. The summed E-state index contributed by atoms with van der Waals surface area (Å²) < 4.78 is 79.3. The van der Waals surface area contributed by atoms with E-state index in [9.17, 15) is 41.0 Å². The molecule has 1 aliphatic rings. The molecule has 4 N–H and O–H groups in total. The zero-order chi connectivity index (χ0) is 26.3. The number of nitrogens with one attached hydrogen (secondary N) is 3. The molecule has 4 rings (SSSR count). The average molecular weight is 510 g/mol. The summed E-state index contributed by atoms with van der Waals surface area (Å²) in [5.74, 6) is -1.14. The van der Waals surface area contributed by atoms with Crippen molar-refractivity contribution < 1.29 is 41.0 Å². The number of hydrogen-bond donors (Lipinski definition) is 4. The zero-order valence-corrected chi connectivity index (χ0v) is 18.0. The van der Waals surface area contributed by atoms with Crippen LogP contribution in [0.15, 0.2) is 60.8 Å². The third kappa shape index (κ3) is 4.33. The maximum absolute atomic E-state index is 13.2. The fourth-order valence-electron chi connectivity index (χ4n) is 3.70. The van der Waals surface area contributed by atoms with Gasteiger partial charge in [0.2, 0.25) is 0 Å². The molecule has 0 aliphatic carbocycles. The molecule has 0 atom stereocenters. The van der Waals surface area contributed by atoms with E-state index in [0.29, 0.717) is 28.9 Å². The third-order valence-electron chi connectivity index (χ3n) is 5.51. The fourth-order valence-corrected chi connectivity index (χ4v) is 3.70. The predicted molar refractivity (Wildman–Crippen MR) is 116 cm³/mol. The highest BCUT2D eigenvalue weighted by Crippen LogP contribution is 2.50. The van der Waals surface area contributed by atoms with Crippen molar-refractivity contribution in [1.29, 1.82) is 0 Å². The largest absolute Gasteiger partial charge is 0.430 e. The van der Waals surface area contributed by atoms with Crippen molar-refractivity contribution in [3.05, 3.63) is 83.0 Å². The van der Waals surface area contributed by atoms with E-state index in [1.54, 1.807) is 18.2 Å². The number of alkyl halides is 6. The molecule has 13 heteroatoms. The van der Waals surface area contributed by atoms with Crippen LogP contribution >= 0.6 is 0 Å². The molecule has 0 radical (unpaired) electrons. The van der Waals surface area contributed by atoms with Crippen LogP contribution in [-0.2, 0) is 12.1 Å². The Morgan fingerprint density at radius 2 is 1.67 bits per heavy atom. The maximum atomic E-state index is 13.2. The Kier molecular flexibility index (Phi) is 6.12. The minimum absolute atomic E-state index is 0.0287. The fraction of sp³-hybridized carbons (Fsp3) is 0.174. The number of anilines is 3. The Morgan fingerprint density at radius 1 is 0.972 bits per heavy atom. The highest BCUT2D eigenvalue weighted by Gasteiger charge is 2.71. The molecule has 188 valence electrons. The van der Waals surface area contributed by atoms with Gasteiger partial charge in [-0.25, -0.2) is 4.98 Å². The first-order valence-corrected chi connectivity index (χ1v) is 10.2. The number of pyridine rings is 1. The number of aromatic nitrogens is 1. The molecule has 0 spiro atoms. The molecule has 7 nitrogen and oxygen atoms in total. The van der Waals surface area contributed by atoms with Gasteiger partial charge in [-0.3, -0.25) is 9.59 Å². The zero-order valence-electron chi connectivity index (χ0n) is 18.0. The first kappa shape index (κ1) is 25.0. The quantitative estimate of drug-likeness (QED) is 0.375. The monoisotopic (exact) mass is 510 g/mol. The molecule has 2 heterocycles. The molecule has 36 heavy (non-hydrogen) atoms. The number of carbonyl (C=O) groups excluding carboxylic acids is 2. The van der Waals surface area contributed by atoms with Crippen LogP contribution in [0.5, 0.6) is 0 Å². The lowest BCUT2D eigenvalue weighted by atomic mass is 9.92. The van der Waals surface area contributed by atoms with Crippen molar-refractivity contribution in [1.82, 2.24) is 10.3 Å². The van der Waals surface area contributed by atoms with Crippen LogP contribution < -0.4 is 16.0 Å². The average Bonchev–Trinajstić information content (AvgIpc) is 3.19. The molecular weight excluding hydrogens is 494 g/mol. The summed E-state index contributed by atoms with van der Waals surface area (Å²) in [5.41, 5.74) is -5.62. The van der Waals surface area contributed by atoms with Crippen molar-refractivity contribution >= 4 is 29.0 Å². The second-order valence-corrected chi connectivity index (χ2v) is 7.78. The molecule has 2 amide bonds. The lowest BCUT2D eigenvalue weighted by Crippen LogP contribution is -2.53. The molecule has 2 aromatic carbocycles. The SMILES string of the molecule is O=C(Nc1cccc(C(O)(C(F)(F)F)C(F)(F)F)c1)c1cccnc1Nc1cccc2c1CNC2=O. The van der Waals surface area contributed by atoms with Crippen molar-refractivity contribution in [2.45, 2.75) is 24.5 Å². The number of aliphatic hydroxyl groups is 1. The van der Waals surface area contributed by atoms with Crippen molar-refractivity contribution in [2.75, 3.05) is 10.6 Å². The molecule has 1 aromatic heterocycles. The Bertz CT molecular complexity index is 1330. The third-order valence-corrected chi connectivity index (χ3v) is 5.51. The molecule has 3 aromatic rings. The lowest BCUT2D eigenvalue weighted by molar-refractivity contribution is -0.376. The van der Waals surface area contributed by atoms with Gasteiger partial charge < -0.3 is 21.1 Å². The number of amides is 2. The molecule has 0 saturated heterocycles. The number of nitrogens with zero attached hydrogens (tertiary/aromatic N) is 1. The summed E-state index contributed by atoms with van der Waals surface area (Å²) in [5, 5.41) is 17.4. The van der Waals surface area contributed by atoms with Gasteiger partial charge in [0, 0.05) is 40.8 Å². The van der Waals surface area contributed by atoms with Gasteiger partial charge in [-0.1, -0.05) is 18.2 Å². The van der Waals surface area contributed by atoms with Crippen molar-refractivity contribution in [3.63, 3.8) is 0 Å². The normalized spacial score (nSPS) is 13.7. The number of benzene rings is 2. The summed E-state index contributed by atoms with van der Waals surface area (Å²) in [6, 6.07) is 10.4. The standard InChI is InChI=1S/C23H16F6N4O3/c24-22(25,26)21(36,23(27,28)29)12-4-1-5-13(10-12)32-20(35)15-7-3-9-30-18(15)33-17-8-2-6-14-16(17)11-31-19(14)34/h1-10,36H,11H2,(H,30,33)(H,31,34)(H,32,35). The molecule has 0 saturated carbocycles. The van der Waals surface area contributed by atoms with E-state index < -0.39 is 35.1 Å². The Morgan fingerprint density at radius 3 is 2.36 bits per heavy atom. The number of halogens is 6. The summed E-state index contributed by atoms with van der Waals surface area (Å²) in [6.07, 6.45) is -10.8. The molecular formula is C23H16F6N4O3. The van der Waals surface area contributed by atoms with Gasteiger partial charge in [-0.05, 0) is 36.4 Å². The van der Waals surface area contributed by atoms with E-state index in [2.05, 4.69) is 20.9 Å². The first-order chi connectivity index (χ1) is 16.8. The van der Waals surface area contributed by atoms with E-state index in [4.69, 9.17) is 0 Å². The molecule has 0 unspecified atom stereocenters. The number of fused-ring (bicyclic) bond motifs is 1.